The van der Waals surface area contributed by atoms with E-state index in [9.17, 15) is 4.79 Å². The maximum atomic E-state index is 11.0. The molecule has 4 heteroatoms. The number of hydrogen-bond acceptors (Lipinski definition) is 3. The van der Waals surface area contributed by atoms with Crippen LogP contribution in [-0.4, -0.2) is 28.8 Å². The van der Waals surface area contributed by atoms with Crippen LogP contribution in [-0.2, 0) is 4.79 Å². The van der Waals surface area contributed by atoms with Crippen molar-refractivity contribution < 1.29 is 10.0 Å². The van der Waals surface area contributed by atoms with Crippen molar-refractivity contribution in [1.82, 2.24) is 5.06 Å². The van der Waals surface area contributed by atoms with Crippen molar-refractivity contribution in [3.63, 3.8) is 0 Å². The lowest BCUT2D eigenvalue weighted by molar-refractivity contribution is -0.158. The summed E-state index contributed by atoms with van der Waals surface area (Å²) in [7, 11) is 0. The molecule has 64 valence electrons. The van der Waals surface area contributed by atoms with E-state index in [0.717, 1.165) is 5.06 Å². The molecule has 1 rings (SSSR count). The normalized spacial score (nSPS) is 32.1. The zero-order valence-electron chi connectivity index (χ0n) is 6.82. The van der Waals surface area contributed by atoms with Crippen molar-refractivity contribution in [3.8, 4) is 0 Å². The summed E-state index contributed by atoms with van der Waals surface area (Å²) in [6.07, 6.45) is 0. The van der Waals surface area contributed by atoms with E-state index in [0.29, 0.717) is 12.5 Å². The number of hydrogen-bond donors (Lipinski definition) is 2. The molecule has 0 aromatic carbocycles. The summed E-state index contributed by atoms with van der Waals surface area (Å²) < 4.78 is 0. The number of carbonyl (C=O) groups excluding carboxylic acids is 1. The smallest absolute Gasteiger partial charge is 0.263 e. The molecule has 0 radical (unpaired) electrons. The summed E-state index contributed by atoms with van der Waals surface area (Å²) in [5, 5.41) is 9.71. The second kappa shape index (κ2) is 2.79. The van der Waals surface area contributed by atoms with Crippen LogP contribution in [0.15, 0.2) is 0 Å². The van der Waals surface area contributed by atoms with Gasteiger partial charge in [0.15, 0.2) is 0 Å². The molecular weight excluding hydrogens is 144 g/mol. The van der Waals surface area contributed by atoms with E-state index in [1.54, 1.807) is 0 Å². The molecule has 0 saturated carbocycles. The van der Waals surface area contributed by atoms with Gasteiger partial charge in [-0.05, 0) is 5.92 Å². The van der Waals surface area contributed by atoms with Gasteiger partial charge in [-0.1, -0.05) is 13.8 Å². The summed E-state index contributed by atoms with van der Waals surface area (Å²) in [5.41, 5.74) is 5.56. The molecule has 2 atom stereocenters. The molecule has 1 saturated heterocycles. The lowest BCUT2D eigenvalue weighted by atomic mass is 9.92. The summed E-state index contributed by atoms with van der Waals surface area (Å²) >= 11 is 0. The van der Waals surface area contributed by atoms with E-state index in [2.05, 4.69) is 0 Å². The van der Waals surface area contributed by atoms with Crippen LogP contribution in [0.3, 0.4) is 0 Å². The predicted molar refractivity (Wildman–Crippen MR) is 39.8 cm³/mol. The Morgan fingerprint density at radius 1 is 1.73 bits per heavy atom. The van der Waals surface area contributed by atoms with Crippen LogP contribution in [0.2, 0.25) is 0 Å². The second-order valence-electron chi connectivity index (χ2n) is 3.35. The number of nitrogens with two attached hydrogens (primary N) is 1. The molecule has 1 heterocycles. The van der Waals surface area contributed by atoms with Gasteiger partial charge in [0.1, 0.15) is 0 Å². The van der Waals surface area contributed by atoms with Gasteiger partial charge in [0, 0.05) is 5.92 Å². The summed E-state index contributed by atoms with van der Waals surface area (Å²) in [6, 6.07) is -0.514. The van der Waals surface area contributed by atoms with Gasteiger partial charge in [-0.25, -0.2) is 5.06 Å². The first kappa shape index (κ1) is 8.49. The average Bonchev–Trinajstić information content (AvgIpc) is 2.17. The molecule has 3 N–H and O–H groups in total. The van der Waals surface area contributed by atoms with Gasteiger partial charge in [-0.15, -0.1) is 0 Å². The highest BCUT2D eigenvalue weighted by Gasteiger charge is 2.38. The van der Waals surface area contributed by atoms with Crippen molar-refractivity contribution in [3.05, 3.63) is 0 Å². The van der Waals surface area contributed by atoms with Crippen LogP contribution in [0.1, 0.15) is 13.8 Å². The summed E-state index contributed by atoms with van der Waals surface area (Å²) in [5.74, 6) is 0.0716. The Labute approximate surface area is 65.9 Å². The Bertz CT molecular complexity index is 170. The number of rotatable bonds is 1. The topological polar surface area (TPSA) is 66.6 Å². The SMILES string of the molecule is CC(C)[C@H]1CN(O)C(=O)[C@H]1N. The van der Waals surface area contributed by atoms with Crippen LogP contribution in [0, 0.1) is 11.8 Å². The lowest BCUT2D eigenvalue weighted by Gasteiger charge is -2.15. The third-order valence-corrected chi connectivity index (χ3v) is 2.24. The van der Waals surface area contributed by atoms with Gasteiger partial charge in [0.25, 0.3) is 5.91 Å². The molecule has 0 aromatic rings. The largest absolute Gasteiger partial charge is 0.320 e. The summed E-state index contributed by atoms with van der Waals surface area (Å²) in [4.78, 5) is 11.0. The number of hydroxylamine groups is 2. The third kappa shape index (κ3) is 1.36. The minimum Gasteiger partial charge on any atom is -0.320 e. The summed E-state index contributed by atoms with van der Waals surface area (Å²) in [6.45, 7) is 4.37. The Kier molecular flexibility index (Phi) is 2.15. The zero-order valence-corrected chi connectivity index (χ0v) is 6.82. The molecule has 0 bridgehead atoms. The monoisotopic (exact) mass is 158 g/mol. The van der Waals surface area contributed by atoms with Gasteiger partial charge in [0.05, 0.1) is 12.6 Å². The van der Waals surface area contributed by atoms with E-state index in [4.69, 9.17) is 10.9 Å². The van der Waals surface area contributed by atoms with Crippen LogP contribution in [0.25, 0.3) is 0 Å². The van der Waals surface area contributed by atoms with E-state index >= 15 is 0 Å². The average molecular weight is 158 g/mol. The minimum atomic E-state index is -0.514. The van der Waals surface area contributed by atoms with Gasteiger partial charge in [-0.3, -0.25) is 10.0 Å². The van der Waals surface area contributed by atoms with Gasteiger partial charge < -0.3 is 5.73 Å². The highest BCUT2D eigenvalue weighted by atomic mass is 16.5. The Hall–Kier alpha value is -0.610. The van der Waals surface area contributed by atoms with Crippen LogP contribution in [0.5, 0.6) is 0 Å². The van der Waals surface area contributed by atoms with Crippen LogP contribution < -0.4 is 5.73 Å². The van der Waals surface area contributed by atoms with Gasteiger partial charge >= 0.3 is 0 Å². The molecular formula is C7H14N2O2. The number of amides is 1. The fraction of sp³-hybridized carbons (Fsp3) is 0.857. The van der Waals surface area contributed by atoms with E-state index in [1.807, 2.05) is 13.8 Å². The van der Waals surface area contributed by atoms with E-state index in [1.165, 1.54) is 0 Å². The molecule has 1 amide bonds. The molecule has 1 fully saturated rings. The van der Waals surface area contributed by atoms with Crippen LogP contribution in [0.4, 0.5) is 0 Å². The predicted octanol–water partition coefficient (Wildman–Crippen LogP) is -0.183. The van der Waals surface area contributed by atoms with Crippen molar-refractivity contribution in [2.75, 3.05) is 6.54 Å². The first-order valence-electron chi connectivity index (χ1n) is 3.80. The quantitative estimate of drug-likeness (QED) is 0.520. The number of nitrogens with zero attached hydrogens (tertiary/aromatic N) is 1. The van der Waals surface area contributed by atoms with E-state index in [-0.39, 0.29) is 11.8 Å². The maximum Gasteiger partial charge on any atom is 0.263 e. The highest BCUT2D eigenvalue weighted by Crippen LogP contribution is 2.22. The standard InChI is InChI=1S/C7H14N2O2/c1-4(2)5-3-9(11)7(10)6(5)8/h4-6,11H,3,8H2,1-2H3/t5-,6+/m1/s1. The molecule has 4 nitrogen and oxygen atoms in total. The molecule has 0 unspecified atom stereocenters. The van der Waals surface area contributed by atoms with Gasteiger partial charge in [-0.2, -0.15) is 0 Å². The van der Waals surface area contributed by atoms with Crippen molar-refractivity contribution in [2.24, 2.45) is 17.6 Å². The minimum absolute atomic E-state index is 0.0903. The molecule has 1 aliphatic heterocycles. The van der Waals surface area contributed by atoms with Gasteiger partial charge in [0.2, 0.25) is 0 Å². The van der Waals surface area contributed by atoms with E-state index < -0.39 is 6.04 Å². The first-order chi connectivity index (χ1) is 5.04. The number of carbonyl (C=O) groups is 1. The second-order valence-corrected chi connectivity index (χ2v) is 3.35. The van der Waals surface area contributed by atoms with Crippen LogP contribution >= 0.6 is 0 Å². The molecule has 1 aliphatic rings. The van der Waals surface area contributed by atoms with Crippen molar-refractivity contribution >= 4 is 5.91 Å². The molecule has 0 spiro atoms. The van der Waals surface area contributed by atoms with Crippen molar-refractivity contribution in [2.45, 2.75) is 19.9 Å². The Morgan fingerprint density at radius 3 is 2.45 bits per heavy atom. The highest BCUT2D eigenvalue weighted by molar-refractivity contribution is 5.83. The third-order valence-electron chi connectivity index (χ3n) is 2.24. The Balaban J connectivity index is 2.67. The first-order valence-corrected chi connectivity index (χ1v) is 3.80. The van der Waals surface area contributed by atoms with Crippen molar-refractivity contribution in [1.29, 1.82) is 0 Å². The molecule has 0 aliphatic carbocycles. The Morgan fingerprint density at radius 2 is 2.27 bits per heavy atom. The fourth-order valence-corrected chi connectivity index (χ4v) is 1.38. The fourth-order valence-electron chi connectivity index (χ4n) is 1.38. The maximum absolute atomic E-state index is 11.0. The lowest BCUT2D eigenvalue weighted by Crippen LogP contribution is -2.36. The molecule has 0 aromatic heterocycles. The zero-order chi connectivity index (χ0) is 8.59. The molecule has 11 heavy (non-hydrogen) atoms.